The van der Waals surface area contributed by atoms with Crippen LogP contribution in [-0.2, 0) is 15.6 Å². The first-order valence-corrected chi connectivity index (χ1v) is 11.3. The van der Waals surface area contributed by atoms with Gasteiger partial charge in [-0.1, -0.05) is 42.1 Å². The summed E-state index contributed by atoms with van der Waals surface area (Å²) in [4.78, 5) is -0.404. The third kappa shape index (κ3) is 4.01. The first-order chi connectivity index (χ1) is 14.5. The zero-order chi connectivity index (χ0) is 21.1. The van der Waals surface area contributed by atoms with Gasteiger partial charge in [0, 0.05) is 11.4 Å². The summed E-state index contributed by atoms with van der Waals surface area (Å²) in [5.74, 6) is -1.88. The van der Waals surface area contributed by atoms with Crippen molar-refractivity contribution >= 4 is 21.6 Å². The molecule has 0 saturated heterocycles. The Morgan fingerprint density at radius 2 is 1.70 bits per heavy atom. The standard InChI is InChI=1S/C20H15F2N3O3S2/c21-19(22)30(26,27)16-10-8-14(9-11-16)13-29-20-24-23-18(17-7-4-12-28-17)25(20)15-5-2-1-3-6-15/h1-12,19H,13H2. The molecule has 0 amide bonds. The number of rotatable bonds is 7. The highest BCUT2D eigenvalue weighted by atomic mass is 32.2. The molecule has 0 aliphatic heterocycles. The smallest absolute Gasteiger partial charge is 0.341 e. The van der Waals surface area contributed by atoms with Crippen molar-refractivity contribution < 1.29 is 21.6 Å². The molecule has 0 N–H and O–H groups in total. The summed E-state index contributed by atoms with van der Waals surface area (Å²) in [6.07, 6.45) is 1.56. The van der Waals surface area contributed by atoms with E-state index < -0.39 is 20.5 Å². The van der Waals surface area contributed by atoms with Gasteiger partial charge >= 0.3 is 5.76 Å². The molecule has 0 unspecified atom stereocenters. The van der Waals surface area contributed by atoms with Gasteiger partial charge in [0.15, 0.2) is 10.9 Å². The molecule has 2 aromatic heterocycles. The lowest BCUT2D eigenvalue weighted by Crippen LogP contribution is -2.11. The Morgan fingerprint density at radius 3 is 2.33 bits per heavy atom. The van der Waals surface area contributed by atoms with Crippen molar-refractivity contribution in [2.45, 2.75) is 21.6 Å². The van der Waals surface area contributed by atoms with Crippen LogP contribution in [-0.4, -0.2) is 28.9 Å². The molecule has 2 aromatic carbocycles. The normalized spacial score (nSPS) is 11.8. The number of aromatic nitrogens is 3. The Labute approximate surface area is 175 Å². The van der Waals surface area contributed by atoms with Crippen LogP contribution in [0.5, 0.6) is 0 Å². The van der Waals surface area contributed by atoms with Gasteiger partial charge in [0.25, 0.3) is 0 Å². The van der Waals surface area contributed by atoms with E-state index in [1.807, 2.05) is 34.9 Å². The summed E-state index contributed by atoms with van der Waals surface area (Å²) < 4.78 is 55.8. The SMILES string of the molecule is O=S(=O)(c1ccc(CSc2nnc(-c3ccco3)n2-c2ccccc2)cc1)C(F)F. The summed E-state index contributed by atoms with van der Waals surface area (Å²) in [7, 11) is -4.60. The van der Waals surface area contributed by atoms with Gasteiger partial charge in [0.1, 0.15) is 0 Å². The molecule has 0 saturated carbocycles. The lowest BCUT2D eigenvalue weighted by atomic mass is 10.2. The highest BCUT2D eigenvalue weighted by Gasteiger charge is 2.26. The highest BCUT2D eigenvalue weighted by molar-refractivity contribution is 7.98. The van der Waals surface area contributed by atoms with E-state index >= 15 is 0 Å². The molecule has 6 nitrogen and oxygen atoms in total. The van der Waals surface area contributed by atoms with Crippen LogP contribution in [0.1, 0.15) is 5.56 Å². The average Bonchev–Trinajstić information content (AvgIpc) is 3.42. The summed E-state index contributed by atoms with van der Waals surface area (Å²) in [6, 6.07) is 18.5. The van der Waals surface area contributed by atoms with Gasteiger partial charge in [0.05, 0.1) is 11.2 Å². The monoisotopic (exact) mass is 447 g/mol. The Bertz CT molecular complexity index is 1220. The zero-order valence-corrected chi connectivity index (χ0v) is 17.0. The third-order valence-electron chi connectivity index (χ3n) is 4.24. The number of halogens is 2. The van der Waals surface area contributed by atoms with E-state index in [0.717, 1.165) is 11.3 Å². The van der Waals surface area contributed by atoms with E-state index in [-0.39, 0.29) is 0 Å². The fourth-order valence-electron chi connectivity index (χ4n) is 2.76. The molecule has 0 aliphatic carbocycles. The van der Waals surface area contributed by atoms with Crippen molar-refractivity contribution in [1.29, 1.82) is 0 Å². The molecule has 0 radical (unpaired) electrons. The minimum atomic E-state index is -4.60. The number of furan rings is 1. The number of hydrogen-bond donors (Lipinski definition) is 0. The quantitative estimate of drug-likeness (QED) is 0.378. The fourth-order valence-corrected chi connectivity index (χ4v) is 4.39. The number of nitrogens with zero attached hydrogens (tertiary/aromatic N) is 3. The van der Waals surface area contributed by atoms with Crippen LogP contribution in [0.2, 0.25) is 0 Å². The molecule has 0 aliphatic rings. The fraction of sp³-hybridized carbons (Fsp3) is 0.100. The minimum Gasteiger partial charge on any atom is -0.461 e. The average molecular weight is 447 g/mol. The number of hydrogen-bond acceptors (Lipinski definition) is 6. The van der Waals surface area contributed by atoms with Gasteiger partial charge in [-0.15, -0.1) is 10.2 Å². The third-order valence-corrected chi connectivity index (χ3v) is 6.64. The van der Waals surface area contributed by atoms with E-state index in [1.54, 1.807) is 18.4 Å². The maximum atomic E-state index is 12.7. The number of alkyl halides is 2. The topological polar surface area (TPSA) is 78.0 Å². The first kappa shape index (κ1) is 20.3. The summed E-state index contributed by atoms with van der Waals surface area (Å²) in [6.45, 7) is 0. The lowest BCUT2D eigenvalue weighted by molar-refractivity contribution is 0.234. The Balaban J connectivity index is 1.60. The predicted octanol–water partition coefficient (Wildman–Crippen LogP) is 4.82. The van der Waals surface area contributed by atoms with Crippen LogP contribution in [0.15, 0.2) is 87.5 Å². The van der Waals surface area contributed by atoms with E-state index in [9.17, 15) is 17.2 Å². The van der Waals surface area contributed by atoms with E-state index in [4.69, 9.17) is 4.42 Å². The largest absolute Gasteiger partial charge is 0.461 e. The number of benzene rings is 2. The summed E-state index contributed by atoms with van der Waals surface area (Å²) in [5.41, 5.74) is 1.62. The zero-order valence-electron chi connectivity index (χ0n) is 15.4. The molecule has 4 aromatic rings. The van der Waals surface area contributed by atoms with Crippen molar-refractivity contribution in [2.24, 2.45) is 0 Å². The lowest BCUT2D eigenvalue weighted by Gasteiger charge is -2.09. The van der Waals surface area contributed by atoms with Crippen molar-refractivity contribution in [3.05, 3.63) is 78.6 Å². The van der Waals surface area contributed by atoms with Crippen molar-refractivity contribution in [2.75, 3.05) is 0 Å². The van der Waals surface area contributed by atoms with Gasteiger partial charge < -0.3 is 4.42 Å². The summed E-state index contributed by atoms with van der Waals surface area (Å²) in [5, 5.41) is 9.12. The van der Waals surface area contributed by atoms with Gasteiger partial charge in [-0.25, -0.2) is 8.42 Å². The molecule has 0 fully saturated rings. The van der Waals surface area contributed by atoms with E-state index in [2.05, 4.69) is 10.2 Å². The van der Waals surface area contributed by atoms with Gasteiger partial charge in [-0.3, -0.25) is 4.57 Å². The van der Waals surface area contributed by atoms with Crippen molar-refractivity contribution in [3.63, 3.8) is 0 Å². The van der Waals surface area contributed by atoms with Crippen LogP contribution < -0.4 is 0 Å². The maximum absolute atomic E-state index is 12.7. The van der Waals surface area contributed by atoms with Crippen LogP contribution in [0.3, 0.4) is 0 Å². The second-order valence-corrected chi connectivity index (χ2v) is 9.05. The van der Waals surface area contributed by atoms with Gasteiger partial charge in [-0.2, -0.15) is 8.78 Å². The molecule has 4 rings (SSSR count). The van der Waals surface area contributed by atoms with Crippen LogP contribution in [0.25, 0.3) is 17.3 Å². The number of thioether (sulfide) groups is 1. The predicted molar refractivity (Wildman–Crippen MR) is 108 cm³/mol. The van der Waals surface area contributed by atoms with Crippen LogP contribution in [0.4, 0.5) is 8.78 Å². The first-order valence-electron chi connectivity index (χ1n) is 8.75. The molecule has 154 valence electrons. The molecular formula is C20H15F2N3O3S2. The molecule has 0 bridgehead atoms. The van der Waals surface area contributed by atoms with Crippen molar-refractivity contribution in [1.82, 2.24) is 14.8 Å². The molecular weight excluding hydrogens is 432 g/mol. The maximum Gasteiger partial charge on any atom is 0.341 e. The van der Waals surface area contributed by atoms with Crippen LogP contribution >= 0.6 is 11.8 Å². The van der Waals surface area contributed by atoms with Gasteiger partial charge in [-0.05, 0) is 42.0 Å². The van der Waals surface area contributed by atoms with Gasteiger partial charge in [0.2, 0.25) is 15.7 Å². The Hall–Kier alpha value is -2.98. The molecule has 2 heterocycles. The number of para-hydroxylation sites is 1. The summed E-state index contributed by atoms with van der Waals surface area (Å²) >= 11 is 1.38. The van der Waals surface area contributed by atoms with E-state index in [1.165, 1.54) is 36.0 Å². The van der Waals surface area contributed by atoms with Crippen LogP contribution in [0, 0.1) is 0 Å². The van der Waals surface area contributed by atoms with E-state index in [0.29, 0.717) is 22.5 Å². The Morgan fingerprint density at radius 1 is 0.967 bits per heavy atom. The molecule has 30 heavy (non-hydrogen) atoms. The minimum absolute atomic E-state index is 0.404. The van der Waals surface area contributed by atoms with Crippen molar-refractivity contribution in [3.8, 4) is 17.3 Å². The second-order valence-electron chi connectivity index (χ2n) is 6.19. The highest BCUT2D eigenvalue weighted by Crippen LogP contribution is 2.30. The molecule has 0 atom stereocenters. The second kappa shape index (κ2) is 8.41. The molecule has 0 spiro atoms. The number of sulfone groups is 1. The Kier molecular flexibility index (Phi) is 5.69. The molecule has 10 heteroatoms.